The minimum absolute atomic E-state index is 0.0159. The van der Waals surface area contributed by atoms with E-state index in [2.05, 4.69) is 24.5 Å². The fourth-order valence-electron chi connectivity index (χ4n) is 8.34. The summed E-state index contributed by atoms with van der Waals surface area (Å²) >= 11 is 1.48. The van der Waals surface area contributed by atoms with Gasteiger partial charge in [0.1, 0.15) is 11.0 Å². The van der Waals surface area contributed by atoms with Crippen LogP contribution in [-0.4, -0.2) is 122 Å². The number of nitrogens with one attached hydrogen (secondary N) is 2. The number of amides is 4. The average molecular weight is 814 g/mol. The van der Waals surface area contributed by atoms with E-state index in [1.165, 1.54) is 11.3 Å². The molecule has 320 valence electrons. The highest BCUT2D eigenvalue weighted by atomic mass is 32.1. The zero-order chi connectivity index (χ0) is 42.6. The maximum atomic E-state index is 14.3. The number of aromatic nitrogens is 1. The molecule has 3 rings (SSSR count). The normalized spacial score (nSPS) is 18.8. The minimum Gasteiger partial charge on any atom is -0.379 e. The van der Waals surface area contributed by atoms with E-state index < -0.39 is 36.3 Å². The number of hydrogen-bond acceptors (Lipinski definition) is 10. The molecule has 9 atom stereocenters. The van der Waals surface area contributed by atoms with Crippen molar-refractivity contribution in [1.82, 2.24) is 30.3 Å². The van der Waals surface area contributed by atoms with Gasteiger partial charge in [0.2, 0.25) is 23.6 Å². The predicted molar refractivity (Wildman–Crippen MR) is 226 cm³/mol. The van der Waals surface area contributed by atoms with Crippen LogP contribution >= 0.6 is 11.3 Å². The maximum Gasteiger partial charge on any atom is 0.245 e. The Morgan fingerprint density at radius 2 is 1.63 bits per heavy atom. The van der Waals surface area contributed by atoms with Crippen LogP contribution < -0.4 is 16.4 Å². The first-order valence-corrected chi connectivity index (χ1v) is 21.5. The number of nitrogens with two attached hydrogens (primary N) is 1. The SMILES string of the molecule is CC[C@H](C)[C@@H]([C@@H](CC(=O)N1CCC[C@H]1[C@H](OC)[C@@H](C)C(=O)N[C@@H](Cc1ccccc1)c1nc(CN)cs1)OC)N(C)C(=O)[C@@H](NC(=O)[C@H](C(C)C)N(C)C)C(C)C. The summed E-state index contributed by atoms with van der Waals surface area (Å²) in [5.41, 5.74) is 7.71. The second-order valence-electron chi connectivity index (χ2n) is 16.6. The van der Waals surface area contributed by atoms with Crippen molar-refractivity contribution in [3.05, 3.63) is 52.0 Å². The number of carbonyl (C=O) groups is 4. The van der Waals surface area contributed by atoms with Gasteiger partial charge < -0.3 is 35.6 Å². The van der Waals surface area contributed by atoms with Gasteiger partial charge in [-0.15, -0.1) is 11.3 Å². The zero-order valence-corrected chi connectivity index (χ0v) is 37.3. The molecule has 0 aliphatic carbocycles. The number of methoxy groups -OCH3 is 2. The van der Waals surface area contributed by atoms with Crippen LogP contribution in [0.25, 0.3) is 0 Å². The number of likely N-dealkylation sites (N-methyl/N-ethyl adjacent to an activating group) is 2. The van der Waals surface area contributed by atoms with Crippen LogP contribution in [0.3, 0.4) is 0 Å². The van der Waals surface area contributed by atoms with Crippen molar-refractivity contribution in [2.24, 2.45) is 29.4 Å². The van der Waals surface area contributed by atoms with Crippen LogP contribution in [0.4, 0.5) is 0 Å². The highest BCUT2D eigenvalue weighted by molar-refractivity contribution is 7.09. The summed E-state index contributed by atoms with van der Waals surface area (Å²) in [7, 11) is 8.64. The quantitative estimate of drug-likeness (QED) is 0.154. The Bertz CT molecular complexity index is 1560. The number of thiazole rings is 1. The largest absolute Gasteiger partial charge is 0.379 e. The monoisotopic (exact) mass is 814 g/mol. The molecule has 2 heterocycles. The van der Waals surface area contributed by atoms with Crippen LogP contribution in [0.5, 0.6) is 0 Å². The smallest absolute Gasteiger partial charge is 0.245 e. The van der Waals surface area contributed by atoms with Gasteiger partial charge in [-0.05, 0) is 56.7 Å². The fourth-order valence-corrected chi connectivity index (χ4v) is 9.22. The van der Waals surface area contributed by atoms with Gasteiger partial charge in [-0.25, -0.2) is 4.98 Å². The summed E-state index contributed by atoms with van der Waals surface area (Å²) < 4.78 is 12.1. The van der Waals surface area contributed by atoms with Crippen molar-refractivity contribution in [1.29, 1.82) is 0 Å². The Kier molecular flexibility index (Phi) is 19.0. The maximum absolute atomic E-state index is 14.3. The Hall–Kier alpha value is -3.43. The number of carbonyl (C=O) groups excluding carboxylic acids is 4. The zero-order valence-electron chi connectivity index (χ0n) is 36.5. The van der Waals surface area contributed by atoms with Gasteiger partial charge in [0.05, 0.1) is 54.4 Å². The van der Waals surface area contributed by atoms with Crippen molar-refractivity contribution in [2.45, 2.75) is 130 Å². The number of benzene rings is 1. The summed E-state index contributed by atoms with van der Waals surface area (Å²) in [4.78, 5) is 66.2. The standard InChI is InChI=1S/C43H71N7O6S/c1-13-28(6)38(49(10)43(54)36(26(2)3)47-41(53)37(27(4)5)48(8)9)34(55-11)23-35(51)50-21-17-20-33(50)39(56-12)29(7)40(52)46-32(22-30-18-15-14-16-19-30)42-45-31(24-44)25-57-42/h14-16,18-19,25-29,32-34,36-39H,13,17,20-24,44H2,1-12H3,(H,46,52)(H,47,53)/t28-,29+,32-,33-,34+,36-,37-,38-,39+/m0/s1. The fraction of sp³-hybridized carbons (Fsp3) is 0.698. The molecule has 1 aromatic carbocycles. The molecule has 1 aliphatic heterocycles. The van der Waals surface area contributed by atoms with Gasteiger partial charge in [0.25, 0.3) is 0 Å². The van der Waals surface area contributed by atoms with Gasteiger partial charge in [-0.1, -0.05) is 85.2 Å². The van der Waals surface area contributed by atoms with Crippen molar-refractivity contribution < 1.29 is 28.7 Å². The van der Waals surface area contributed by atoms with Crippen LogP contribution in [0.1, 0.15) is 96.5 Å². The highest BCUT2D eigenvalue weighted by Gasteiger charge is 2.43. The average Bonchev–Trinajstić information content (AvgIpc) is 3.87. The molecule has 0 radical (unpaired) electrons. The van der Waals surface area contributed by atoms with Gasteiger partial charge in [0.15, 0.2) is 0 Å². The van der Waals surface area contributed by atoms with Crippen LogP contribution in [0, 0.1) is 23.7 Å². The molecule has 1 saturated heterocycles. The molecule has 0 spiro atoms. The molecule has 1 fully saturated rings. The van der Waals surface area contributed by atoms with Crippen molar-refractivity contribution >= 4 is 35.0 Å². The van der Waals surface area contributed by atoms with Crippen LogP contribution in [0.15, 0.2) is 35.7 Å². The third kappa shape index (κ3) is 12.5. The van der Waals surface area contributed by atoms with E-state index in [4.69, 9.17) is 20.2 Å². The number of likely N-dealkylation sites (tertiary alicyclic amines) is 1. The van der Waals surface area contributed by atoms with E-state index in [0.29, 0.717) is 25.9 Å². The molecule has 0 bridgehead atoms. The van der Waals surface area contributed by atoms with Gasteiger partial charge >= 0.3 is 0 Å². The number of hydrogen-bond donors (Lipinski definition) is 3. The molecule has 4 N–H and O–H groups in total. The molecule has 1 aliphatic rings. The molecule has 4 amide bonds. The van der Waals surface area contributed by atoms with Crippen molar-refractivity contribution in [3.63, 3.8) is 0 Å². The number of rotatable bonds is 22. The summed E-state index contributed by atoms with van der Waals surface area (Å²) in [6.45, 7) is 14.6. The van der Waals surface area contributed by atoms with E-state index in [0.717, 1.165) is 29.1 Å². The van der Waals surface area contributed by atoms with Gasteiger partial charge in [-0.3, -0.25) is 24.1 Å². The summed E-state index contributed by atoms with van der Waals surface area (Å²) in [6, 6.07) is 7.69. The Balaban J connectivity index is 1.81. The third-order valence-corrected chi connectivity index (χ3v) is 12.6. The molecule has 0 unspecified atom stereocenters. The number of nitrogens with zero attached hydrogens (tertiary/aromatic N) is 4. The van der Waals surface area contributed by atoms with E-state index in [1.807, 2.05) is 94.2 Å². The lowest BCUT2D eigenvalue weighted by molar-refractivity contribution is -0.148. The second kappa shape index (κ2) is 22.6. The van der Waals surface area contributed by atoms with E-state index in [9.17, 15) is 19.2 Å². The predicted octanol–water partition coefficient (Wildman–Crippen LogP) is 4.65. The van der Waals surface area contributed by atoms with E-state index in [-0.39, 0.29) is 59.9 Å². The highest BCUT2D eigenvalue weighted by Crippen LogP contribution is 2.31. The molecule has 57 heavy (non-hydrogen) atoms. The molecule has 2 aromatic rings. The summed E-state index contributed by atoms with van der Waals surface area (Å²) in [6.07, 6.45) is 1.63. The Morgan fingerprint density at radius 1 is 0.965 bits per heavy atom. The molecule has 0 saturated carbocycles. The van der Waals surface area contributed by atoms with Crippen molar-refractivity contribution in [2.75, 3.05) is 41.9 Å². The Morgan fingerprint density at radius 3 is 2.16 bits per heavy atom. The molecule has 13 nitrogen and oxygen atoms in total. The minimum atomic E-state index is -0.757. The van der Waals surface area contributed by atoms with Crippen molar-refractivity contribution in [3.8, 4) is 0 Å². The molecule has 14 heteroatoms. The first kappa shape index (κ1) is 47.9. The van der Waals surface area contributed by atoms with Gasteiger partial charge in [-0.2, -0.15) is 0 Å². The lowest BCUT2D eigenvalue weighted by atomic mass is 9.89. The first-order valence-electron chi connectivity index (χ1n) is 20.6. The van der Waals surface area contributed by atoms with E-state index in [1.54, 1.807) is 26.2 Å². The number of ether oxygens (including phenoxy) is 2. The van der Waals surface area contributed by atoms with Crippen LogP contribution in [-0.2, 0) is 41.6 Å². The lowest BCUT2D eigenvalue weighted by Crippen LogP contribution is -2.59. The Labute approximate surface area is 345 Å². The third-order valence-electron chi connectivity index (χ3n) is 11.6. The molecule has 1 aromatic heterocycles. The molecular weight excluding hydrogens is 743 g/mol. The summed E-state index contributed by atoms with van der Waals surface area (Å²) in [5, 5.41) is 9.00. The molecular formula is C43H71N7O6S. The van der Waals surface area contributed by atoms with E-state index >= 15 is 0 Å². The topological polar surface area (TPSA) is 159 Å². The lowest BCUT2D eigenvalue weighted by Gasteiger charge is -2.41. The summed E-state index contributed by atoms with van der Waals surface area (Å²) in [5.74, 6) is -1.44. The first-order chi connectivity index (χ1) is 27.0. The second-order valence-corrected chi connectivity index (χ2v) is 17.5. The van der Waals surface area contributed by atoms with Gasteiger partial charge in [0, 0.05) is 39.7 Å². The van der Waals surface area contributed by atoms with Crippen LogP contribution in [0.2, 0.25) is 0 Å².